The largest absolute Gasteiger partial charge is 0.342 e. The third-order valence-corrected chi connectivity index (χ3v) is 2.96. The Morgan fingerprint density at radius 1 is 1.50 bits per heavy atom. The lowest BCUT2D eigenvalue weighted by Gasteiger charge is -2.21. The number of hydrogen-bond acceptors (Lipinski definition) is 2. The normalized spacial score (nSPS) is 17.8. The lowest BCUT2D eigenvalue weighted by molar-refractivity contribution is -0.116. The monoisotopic (exact) mass is 247 g/mol. The number of carbonyl (C=O) groups excluding carboxylic acids is 1. The number of nitrogens with one attached hydrogen (secondary N) is 1. The maximum atomic E-state index is 11.0. The van der Waals surface area contributed by atoms with Gasteiger partial charge in [-0.25, -0.2) is 0 Å². The summed E-state index contributed by atoms with van der Waals surface area (Å²) >= 11 is 4.83. The minimum absolute atomic E-state index is 0.177. The zero-order valence-corrected chi connectivity index (χ0v) is 9.00. The summed E-state index contributed by atoms with van der Waals surface area (Å²) in [5, 5.41) is 2.86. The maximum Gasteiger partial charge on any atom is 0.296 e. The molecule has 1 saturated heterocycles. The molecule has 66 valence electrons. The summed E-state index contributed by atoms with van der Waals surface area (Å²) in [4.78, 5) is 13.4. The molecule has 0 aromatic heterocycles. The van der Waals surface area contributed by atoms with Crippen molar-refractivity contribution in [3.05, 3.63) is 0 Å². The van der Waals surface area contributed by atoms with E-state index in [9.17, 15) is 4.79 Å². The highest BCUT2D eigenvalue weighted by atomic mass is 79.9. The van der Waals surface area contributed by atoms with Crippen LogP contribution in [0.25, 0.3) is 0 Å². The van der Waals surface area contributed by atoms with Crippen LogP contribution >= 0.6 is 27.7 Å². The molecule has 0 saturated carbocycles. The fourth-order valence-electron chi connectivity index (χ4n) is 1.11. The molecule has 1 N–H and O–H groups in total. The number of amides is 1. The molecular weight excluding hydrogens is 238 g/mol. The molecule has 0 aromatic rings. The van der Waals surface area contributed by atoms with Gasteiger partial charge in [0.25, 0.3) is 5.91 Å². The van der Waals surface area contributed by atoms with Gasteiger partial charge in [0, 0.05) is 27.9 Å². The number of halogens is 1. The van der Waals surface area contributed by atoms with Gasteiger partial charge in [-0.15, -0.1) is 0 Å². The molecule has 1 aliphatic heterocycles. The highest BCUT2D eigenvalue weighted by Gasteiger charge is 2.14. The summed E-state index contributed by atoms with van der Waals surface area (Å²) in [6, 6.07) is 0.340. The smallest absolute Gasteiger partial charge is 0.296 e. The Morgan fingerprint density at radius 3 is 2.75 bits per heavy atom. The summed E-state index contributed by atoms with van der Waals surface area (Å²) in [6.07, 6.45) is 2.14. The topological polar surface area (TPSA) is 29.1 Å². The molecule has 12 heavy (non-hydrogen) atoms. The second-order valence-electron chi connectivity index (χ2n) is 2.58. The summed E-state index contributed by atoms with van der Waals surface area (Å²) in [5.41, 5.74) is 0. The molecule has 0 bridgehead atoms. The first-order valence-electron chi connectivity index (χ1n) is 3.83. The van der Waals surface area contributed by atoms with Crippen molar-refractivity contribution >= 4 is 33.6 Å². The predicted octanol–water partition coefficient (Wildman–Crippen LogP) is 1.35. The highest BCUT2D eigenvalue weighted by molar-refractivity contribution is 9.12. The molecule has 0 spiro atoms. The highest BCUT2D eigenvalue weighted by Crippen LogP contribution is 2.16. The molecule has 1 fully saturated rings. The second-order valence-corrected chi connectivity index (χ2v) is 4.20. The first-order valence-corrected chi connectivity index (χ1v) is 5.77. The van der Waals surface area contributed by atoms with E-state index in [4.69, 9.17) is 0 Å². The van der Waals surface area contributed by atoms with Crippen molar-refractivity contribution in [3.8, 4) is 10.8 Å². The standard InChI is InChI=1S/C8H10BrNOS/c9-4-1-8(11)10-7-2-5-12-6-3-7/h7H,2-3,5-6H2,(H,10,11). The number of hydrogen-bond donors (Lipinski definition) is 1. The minimum atomic E-state index is -0.177. The van der Waals surface area contributed by atoms with Crippen molar-refractivity contribution in [2.45, 2.75) is 18.9 Å². The maximum absolute atomic E-state index is 11.0. The Labute approximate surface area is 85.0 Å². The average molecular weight is 248 g/mol. The van der Waals surface area contributed by atoms with Gasteiger partial charge in [0.2, 0.25) is 0 Å². The van der Waals surface area contributed by atoms with Crippen LogP contribution in [0, 0.1) is 10.8 Å². The van der Waals surface area contributed by atoms with Crippen molar-refractivity contribution in [2.24, 2.45) is 0 Å². The minimum Gasteiger partial charge on any atom is -0.342 e. The predicted molar refractivity (Wildman–Crippen MR) is 55.2 cm³/mol. The van der Waals surface area contributed by atoms with Crippen LogP contribution in [0.5, 0.6) is 0 Å². The van der Waals surface area contributed by atoms with Crippen molar-refractivity contribution in [3.63, 3.8) is 0 Å². The Hall–Kier alpha value is -0.140. The van der Waals surface area contributed by atoms with Crippen LogP contribution in [-0.4, -0.2) is 23.5 Å². The zero-order chi connectivity index (χ0) is 8.81. The molecule has 1 heterocycles. The first-order chi connectivity index (χ1) is 5.83. The third kappa shape index (κ3) is 3.51. The van der Waals surface area contributed by atoms with Crippen molar-refractivity contribution in [1.29, 1.82) is 0 Å². The fourth-order valence-corrected chi connectivity index (χ4v) is 2.39. The number of thioether (sulfide) groups is 1. The summed E-state index contributed by atoms with van der Waals surface area (Å²) < 4.78 is 0. The van der Waals surface area contributed by atoms with Crippen molar-refractivity contribution in [1.82, 2.24) is 5.32 Å². The third-order valence-electron chi connectivity index (χ3n) is 1.72. The number of carbonyl (C=O) groups is 1. The van der Waals surface area contributed by atoms with E-state index < -0.39 is 0 Å². The van der Waals surface area contributed by atoms with Crippen LogP contribution < -0.4 is 5.32 Å². The molecular formula is C8H10BrNOS. The van der Waals surface area contributed by atoms with Crippen LogP contribution in [0.4, 0.5) is 0 Å². The molecule has 0 aliphatic carbocycles. The second kappa shape index (κ2) is 5.50. The molecule has 0 unspecified atom stereocenters. The lowest BCUT2D eigenvalue weighted by atomic mass is 10.1. The van der Waals surface area contributed by atoms with Gasteiger partial charge in [0.05, 0.1) is 0 Å². The Morgan fingerprint density at radius 2 is 2.17 bits per heavy atom. The summed E-state index contributed by atoms with van der Waals surface area (Å²) in [7, 11) is 0. The van der Waals surface area contributed by atoms with Crippen LogP contribution in [0.3, 0.4) is 0 Å². The van der Waals surface area contributed by atoms with Gasteiger partial charge in [-0.05, 0) is 29.2 Å². The molecule has 2 nitrogen and oxygen atoms in total. The first kappa shape index (κ1) is 9.94. The van der Waals surface area contributed by atoms with E-state index in [-0.39, 0.29) is 5.91 Å². The summed E-state index contributed by atoms with van der Waals surface area (Å²) in [6.45, 7) is 0. The molecule has 4 heteroatoms. The molecule has 1 aliphatic rings. The SMILES string of the molecule is O=C(C#CBr)NC1CCSCC1. The van der Waals surface area contributed by atoms with Gasteiger partial charge in [-0.1, -0.05) is 0 Å². The molecule has 1 amide bonds. The van der Waals surface area contributed by atoms with Gasteiger partial charge in [-0.2, -0.15) is 11.8 Å². The summed E-state index contributed by atoms with van der Waals surface area (Å²) in [5.74, 6) is 4.52. The van der Waals surface area contributed by atoms with Crippen LogP contribution in [-0.2, 0) is 4.79 Å². The Balaban J connectivity index is 2.27. The van der Waals surface area contributed by atoms with Crippen LogP contribution in [0.1, 0.15) is 12.8 Å². The molecule has 1 rings (SSSR count). The van der Waals surface area contributed by atoms with Crippen LogP contribution in [0.15, 0.2) is 0 Å². The van der Waals surface area contributed by atoms with Crippen molar-refractivity contribution < 1.29 is 4.79 Å². The van der Waals surface area contributed by atoms with Crippen molar-refractivity contribution in [2.75, 3.05) is 11.5 Å². The molecule has 0 aromatic carbocycles. The lowest BCUT2D eigenvalue weighted by Crippen LogP contribution is -2.36. The zero-order valence-electron chi connectivity index (χ0n) is 6.60. The average Bonchev–Trinajstić information content (AvgIpc) is 2.06. The Kier molecular flexibility index (Phi) is 4.55. The molecule has 0 atom stereocenters. The van der Waals surface area contributed by atoms with E-state index in [1.54, 1.807) is 0 Å². The van der Waals surface area contributed by atoms with E-state index in [0.29, 0.717) is 6.04 Å². The number of rotatable bonds is 1. The van der Waals surface area contributed by atoms with E-state index in [1.807, 2.05) is 11.8 Å². The quantitative estimate of drug-likeness (QED) is 0.710. The van der Waals surface area contributed by atoms with Crippen LogP contribution in [0.2, 0.25) is 0 Å². The van der Waals surface area contributed by atoms with Gasteiger partial charge < -0.3 is 5.32 Å². The van der Waals surface area contributed by atoms with E-state index in [0.717, 1.165) is 24.3 Å². The van der Waals surface area contributed by atoms with E-state index in [1.165, 1.54) is 0 Å². The molecule has 0 radical (unpaired) electrons. The fraction of sp³-hybridized carbons (Fsp3) is 0.625. The van der Waals surface area contributed by atoms with E-state index >= 15 is 0 Å². The van der Waals surface area contributed by atoms with Gasteiger partial charge >= 0.3 is 0 Å². The Bertz CT molecular complexity index is 215. The van der Waals surface area contributed by atoms with E-state index in [2.05, 4.69) is 32.0 Å². The van der Waals surface area contributed by atoms with Gasteiger partial charge in [0.15, 0.2) is 0 Å². The van der Waals surface area contributed by atoms with Gasteiger partial charge in [0.1, 0.15) is 0 Å². The van der Waals surface area contributed by atoms with Gasteiger partial charge in [-0.3, -0.25) is 4.79 Å².